The van der Waals surface area contributed by atoms with Crippen LogP contribution in [0.4, 0.5) is 15.8 Å². The van der Waals surface area contributed by atoms with Crippen molar-refractivity contribution in [1.82, 2.24) is 15.2 Å². The van der Waals surface area contributed by atoms with Crippen molar-refractivity contribution in [2.45, 2.75) is 18.9 Å². The molecule has 0 spiro atoms. The van der Waals surface area contributed by atoms with E-state index in [0.717, 1.165) is 56.0 Å². The zero-order valence-corrected chi connectivity index (χ0v) is 19.1. The van der Waals surface area contributed by atoms with Crippen molar-refractivity contribution >= 4 is 33.6 Å². The Bertz CT molecular complexity index is 1320. The van der Waals surface area contributed by atoms with Crippen LogP contribution in [0.2, 0.25) is 0 Å². The number of nitrogens with two attached hydrogens (primary N) is 1. The fourth-order valence-electron chi connectivity index (χ4n) is 5.03. The van der Waals surface area contributed by atoms with Gasteiger partial charge < -0.3 is 20.9 Å². The first-order valence-corrected chi connectivity index (χ1v) is 11.6. The molecule has 1 saturated heterocycles. The largest absolute Gasteiger partial charge is 0.398 e. The molecular formula is C26H28FN5O2. The van der Waals surface area contributed by atoms with E-state index in [1.807, 2.05) is 30.3 Å². The van der Waals surface area contributed by atoms with E-state index in [1.165, 1.54) is 12.1 Å². The maximum absolute atomic E-state index is 13.7. The fraction of sp³-hybridized carbons (Fsp3) is 0.308. The monoisotopic (exact) mass is 461 g/mol. The van der Waals surface area contributed by atoms with E-state index in [2.05, 4.69) is 26.2 Å². The van der Waals surface area contributed by atoms with E-state index >= 15 is 0 Å². The lowest BCUT2D eigenvalue weighted by Crippen LogP contribution is -2.49. The van der Waals surface area contributed by atoms with Gasteiger partial charge in [-0.05, 0) is 60.9 Å². The van der Waals surface area contributed by atoms with Crippen LogP contribution in [-0.2, 0) is 0 Å². The molecule has 0 saturated carbocycles. The first-order valence-electron chi connectivity index (χ1n) is 11.6. The van der Waals surface area contributed by atoms with Gasteiger partial charge in [0.15, 0.2) is 0 Å². The van der Waals surface area contributed by atoms with Gasteiger partial charge in [0.2, 0.25) is 0 Å². The third-order valence-corrected chi connectivity index (χ3v) is 6.91. The smallest absolute Gasteiger partial charge is 0.256 e. The second-order valence-electron chi connectivity index (χ2n) is 8.92. The van der Waals surface area contributed by atoms with E-state index in [0.29, 0.717) is 17.0 Å². The van der Waals surface area contributed by atoms with Crippen molar-refractivity contribution in [1.29, 1.82) is 0 Å². The Morgan fingerprint density at radius 3 is 2.53 bits per heavy atom. The Kier molecular flexibility index (Phi) is 5.83. The van der Waals surface area contributed by atoms with Crippen LogP contribution in [0.3, 0.4) is 0 Å². The van der Waals surface area contributed by atoms with Crippen LogP contribution in [-0.4, -0.2) is 55.1 Å². The maximum Gasteiger partial charge on any atom is 0.256 e. The lowest BCUT2D eigenvalue weighted by molar-refractivity contribution is 0.0963. The van der Waals surface area contributed by atoms with Gasteiger partial charge in [-0.1, -0.05) is 6.08 Å². The molecule has 8 heteroatoms. The first kappa shape index (κ1) is 22.2. The molecule has 7 nitrogen and oxygen atoms in total. The summed E-state index contributed by atoms with van der Waals surface area (Å²) in [5.74, 6) is -0.590. The van der Waals surface area contributed by atoms with Crippen molar-refractivity contribution in [3.63, 3.8) is 0 Å². The summed E-state index contributed by atoms with van der Waals surface area (Å²) in [4.78, 5) is 32.0. The summed E-state index contributed by atoms with van der Waals surface area (Å²) in [6.45, 7) is 3.69. The van der Waals surface area contributed by atoms with Gasteiger partial charge in [-0.3, -0.25) is 14.5 Å². The summed E-state index contributed by atoms with van der Waals surface area (Å²) >= 11 is 0. The summed E-state index contributed by atoms with van der Waals surface area (Å²) in [6, 6.07) is 12.4. The Labute approximate surface area is 197 Å². The molecule has 5 rings (SSSR count). The molecule has 2 heterocycles. The highest BCUT2D eigenvalue weighted by atomic mass is 19.1. The SMILES string of the molecule is CNC(=O)c1ccc(N2CCN(C3C=C(c4cc5c(N)cc(F)cc5c(=O)[nH]4)CC3)CC2)cc1. The third kappa shape index (κ3) is 4.17. The van der Waals surface area contributed by atoms with Crippen LogP contribution < -0.4 is 21.5 Å². The fourth-order valence-corrected chi connectivity index (χ4v) is 5.03. The molecule has 2 aromatic carbocycles. The van der Waals surface area contributed by atoms with Crippen molar-refractivity contribution in [2.75, 3.05) is 43.9 Å². The number of aromatic amines is 1. The minimum absolute atomic E-state index is 0.0807. The molecule has 1 aliphatic heterocycles. The number of rotatable bonds is 4. The van der Waals surface area contributed by atoms with Gasteiger partial charge in [0, 0.05) is 67.3 Å². The highest BCUT2D eigenvalue weighted by Gasteiger charge is 2.27. The summed E-state index contributed by atoms with van der Waals surface area (Å²) in [7, 11) is 1.63. The maximum atomic E-state index is 13.7. The Morgan fingerprint density at radius 1 is 1.09 bits per heavy atom. The number of carbonyl (C=O) groups excluding carboxylic acids is 1. The Hall–Kier alpha value is -3.65. The molecule has 176 valence electrons. The second-order valence-corrected chi connectivity index (χ2v) is 8.92. The van der Waals surface area contributed by atoms with Crippen LogP contribution in [0.5, 0.6) is 0 Å². The van der Waals surface area contributed by atoms with E-state index in [-0.39, 0.29) is 22.5 Å². The molecule has 2 aliphatic rings. The number of nitrogens with zero attached hydrogens (tertiary/aromatic N) is 2. The zero-order chi connectivity index (χ0) is 23.8. The minimum Gasteiger partial charge on any atom is -0.398 e. The van der Waals surface area contributed by atoms with Gasteiger partial charge in [-0.15, -0.1) is 0 Å². The standard InChI is InChI=1S/C26H28FN5O2/c1-29-25(33)16-2-5-19(6-3-16)31-8-10-32(11-9-31)20-7-4-17(12-20)24-15-21-22(26(34)30-24)13-18(27)14-23(21)28/h2-3,5-6,12-15,20H,4,7-11,28H2,1H3,(H,29,33)(H,30,34). The zero-order valence-electron chi connectivity index (χ0n) is 19.1. The average Bonchev–Trinajstić information content (AvgIpc) is 3.35. The predicted molar refractivity (Wildman–Crippen MR) is 134 cm³/mol. The van der Waals surface area contributed by atoms with Crippen LogP contribution in [0.15, 0.2) is 53.3 Å². The van der Waals surface area contributed by atoms with Crippen molar-refractivity contribution in [3.05, 3.63) is 76.0 Å². The number of carbonyl (C=O) groups is 1. The molecule has 1 aliphatic carbocycles. The summed E-state index contributed by atoms with van der Waals surface area (Å²) < 4.78 is 13.7. The molecule has 34 heavy (non-hydrogen) atoms. The Morgan fingerprint density at radius 2 is 1.82 bits per heavy atom. The Balaban J connectivity index is 1.27. The normalized spacial score (nSPS) is 18.8. The highest BCUT2D eigenvalue weighted by molar-refractivity contribution is 5.94. The lowest BCUT2D eigenvalue weighted by atomic mass is 10.1. The molecular weight excluding hydrogens is 433 g/mol. The van der Waals surface area contributed by atoms with E-state index in [4.69, 9.17) is 5.73 Å². The van der Waals surface area contributed by atoms with Gasteiger partial charge >= 0.3 is 0 Å². The average molecular weight is 462 g/mol. The second kappa shape index (κ2) is 8.95. The van der Waals surface area contributed by atoms with Gasteiger partial charge in [0.05, 0.1) is 5.39 Å². The first-order chi connectivity index (χ1) is 16.4. The number of benzene rings is 2. The topological polar surface area (TPSA) is 94.5 Å². The minimum atomic E-state index is -0.509. The van der Waals surface area contributed by atoms with Gasteiger partial charge in [0.1, 0.15) is 5.82 Å². The van der Waals surface area contributed by atoms with E-state index in [9.17, 15) is 14.0 Å². The number of nitrogen functional groups attached to an aromatic ring is 1. The number of hydrogen-bond donors (Lipinski definition) is 3. The number of hydrogen-bond acceptors (Lipinski definition) is 5. The van der Waals surface area contributed by atoms with Gasteiger partial charge in [-0.2, -0.15) is 0 Å². The molecule has 4 N–H and O–H groups in total. The quantitative estimate of drug-likeness (QED) is 0.520. The number of halogens is 1. The van der Waals surface area contributed by atoms with Crippen LogP contribution in [0.1, 0.15) is 28.9 Å². The molecule has 1 unspecified atom stereocenters. The molecule has 3 aromatic rings. The number of amides is 1. The third-order valence-electron chi connectivity index (χ3n) is 6.91. The lowest BCUT2D eigenvalue weighted by Gasteiger charge is -2.38. The number of nitrogens with one attached hydrogen (secondary N) is 2. The van der Waals surface area contributed by atoms with Crippen LogP contribution in [0.25, 0.3) is 16.3 Å². The van der Waals surface area contributed by atoms with Crippen molar-refractivity contribution in [2.24, 2.45) is 0 Å². The molecule has 0 radical (unpaired) electrons. The molecule has 1 amide bonds. The predicted octanol–water partition coefficient (Wildman–Crippen LogP) is 2.98. The summed E-state index contributed by atoms with van der Waals surface area (Å²) in [6.07, 6.45) is 4.11. The van der Waals surface area contributed by atoms with Crippen molar-refractivity contribution < 1.29 is 9.18 Å². The van der Waals surface area contributed by atoms with Crippen LogP contribution >= 0.6 is 0 Å². The molecule has 1 aromatic heterocycles. The van der Waals surface area contributed by atoms with Gasteiger partial charge in [0.25, 0.3) is 11.5 Å². The van der Waals surface area contributed by atoms with Crippen LogP contribution in [0, 0.1) is 5.82 Å². The van der Waals surface area contributed by atoms with E-state index < -0.39 is 5.82 Å². The molecule has 0 bridgehead atoms. The summed E-state index contributed by atoms with van der Waals surface area (Å²) in [5, 5.41) is 3.50. The number of allylic oxidation sites excluding steroid dienone is 1. The number of H-pyrrole nitrogens is 1. The number of anilines is 2. The number of fused-ring (bicyclic) bond motifs is 1. The number of pyridine rings is 1. The number of piperazine rings is 1. The molecule has 1 atom stereocenters. The van der Waals surface area contributed by atoms with Crippen molar-refractivity contribution in [3.8, 4) is 0 Å². The number of aromatic nitrogens is 1. The highest BCUT2D eigenvalue weighted by Crippen LogP contribution is 2.32. The van der Waals surface area contributed by atoms with E-state index in [1.54, 1.807) is 7.05 Å². The molecule has 1 fully saturated rings. The van der Waals surface area contributed by atoms with Gasteiger partial charge in [-0.25, -0.2) is 4.39 Å². The summed E-state index contributed by atoms with van der Waals surface area (Å²) in [5.41, 5.74) is 9.58.